The predicted molar refractivity (Wildman–Crippen MR) is 61.7 cm³/mol. The Bertz CT molecular complexity index is 275. The molecule has 3 rings (SSSR count). The molecule has 0 N–H and O–H groups in total. The van der Waals surface area contributed by atoms with Gasteiger partial charge in [-0.15, -0.1) is 0 Å². The molecular weight excluding hydrogens is 220 g/mol. The summed E-state index contributed by atoms with van der Waals surface area (Å²) in [6, 6.07) is 0. The zero-order valence-electron chi connectivity index (χ0n) is 10.7. The zero-order chi connectivity index (χ0) is 11.9. The van der Waals surface area contributed by atoms with Crippen LogP contribution in [-0.2, 0) is 18.9 Å². The van der Waals surface area contributed by atoms with E-state index >= 15 is 0 Å². The van der Waals surface area contributed by atoms with Crippen molar-refractivity contribution >= 4 is 0 Å². The van der Waals surface area contributed by atoms with Crippen molar-refractivity contribution in [3.63, 3.8) is 0 Å². The molecule has 4 nitrogen and oxygen atoms in total. The quantitative estimate of drug-likeness (QED) is 0.753. The fraction of sp³-hybridized carbons (Fsp3) is 1.00. The molecule has 3 aliphatic rings. The van der Waals surface area contributed by atoms with Crippen LogP contribution in [0.15, 0.2) is 0 Å². The number of hydrogen-bond acceptors (Lipinski definition) is 4. The van der Waals surface area contributed by atoms with E-state index in [0.29, 0.717) is 25.7 Å². The molecule has 0 aromatic heterocycles. The van der Waals surface area contributed by atoms with Crippen LogP contribution in [0.4, 0.5) is 0 Å². The van der Waals surface area contributed by atoms with Crippen LogP contribution in [0.25, 0.3) is 0 Å². The molecule has 17 heavy (non-hydrogen) atoms. The first-order chi connectivity index (χ1) is 8.25. The predicted octanol–water partition coefficient (Wildman–Crippen LogP) is 1.58. The largest absolute Gasteiger partial charge is 0.369 e. The summed E-state index contributed by atoms with van der Waals surface area (Å²) < 4.78 is 23.2. The van der Waals surface area contributed by atoms with Crippen molar-refractivity contribution in [3.8, 4) is 0 Å². The van der Waals surface area contributed by atoms with Gasteiger partial charge in [-0.25, -0.2) is 0 Å². The van der Waals surface area contributed by atoms with E-state index in [1.165, 1.54) is 12.8 Å². The monoisotopic (exact) mass is 242 g/mol. The fourth-order valence-corrected chi connectivity index (χ4v) is 3.16. The SMILES string of the molecule is CCC(C)CC1COC2C1OCC21OCCO1. The minimum absolute atomic E-state index is 0.0148. The van der Waals surface area contributed by atoms with E-state index < -0.39 is 5.79 Å². The molecule has 3 aliphatic heterocycles. The Hall–Kier alpha value is -0.160. The molecule has 4 atom stereocenters. The molecule has 4 unspecified atom stereocenters. The highest BCUT2D eigenvalue weighted by Gasteiger charge is 2.60. The Morgan fingerprint density at radius 2 is 2.00 bits per heavy atom. The van der Waals surface area contributed by atoms with Crippen molar-refractivity contribution in [2.75, 3.05) is 26.4 Å². The highest BCUT2D eigenvalue weighted by atomic mass is 16.8. The molecule has 0 amide bonds. The van der Waals surface area contributed by atoms with Gasteiger partial charge in [0.2, 0.25) is 5.79 Å². The highest BCUT2D eigenvalue weighted by molar-refractivity contribution is 5.01. The summed E-state index contributed by atoms with van der Waals surface area (Å²) in [7, 11) is 0. The molecule has 98 valence electrons. The topological polar surface area (TPSA) is 36.9 Å². The third-order valence-electron chi connectivity index (χ3n) is 4.34. The lowest BCUT2D eigenvalue weighted by atomic mass is 9.89. The van der Waals surface area contributed by atoms with Crippen molar-refractivity contribution in [1.82, 2.24) is 0 Å². The molecule has 0 aromatic rings. The van der Waals surface area contributed by atoms with Gasteiger partial charge in [0.05, 0.1) is 25.9 Å². The lowest BCUT2D eigenvalue weighted by Gasteiger charge is -2.25. The smallest absolute Gasteiger partial charge is 0.221 e. The van der Waals surface area contributed by atoms with E-state index in [9.17, 15) is 0 Å². The normalized spacial score (nSPS) is 40.9. The molecule has 0 bridgehead atoms. The third kappa shape index (κ3) is 1.91. The fourth-order valence-electron chi connectivity index (χ4n) is 3.16. The number of hydrogen-bond donors (Lipinski definition) is 0. The summed E-state index contributed by atoms with van der Waals surface area (Å²) in [4.78, 5) is 0. The molecule has 0 radical (unpaired) electrons. The third-order valence-corrected chi connectivity index (χ3v) is 4.34. The molecule has 3 heterocycles. The van der Waals surface area contributed by atoms with Gasteiger partial charge in [-0.1, -0.05) is 20.3 Å². The second-order valence-electron chi connectivity index (χ2n) is 5.55. The second kappa shape index (κ2) is 4.50. The van der Waals surface area contributed by atoms with Crippen molar-refractivity contribution in [2.45, 2.75) is 44.7 Å². The lowest BCUT2D eigenvalue weighted by molar-refractivity contribution is -0.206. The Morgan fingerprint density at radius 3 is 2.71 bits per heavy atom. The van der Waals surface area contributed by atoms with Gasteiger partial charge in [-0.2, -0.15) is 0 Å². The van der Waals surface area contributed by atoms with Crippen molar-refractivity contribution in [2.24, 2.45) is 11.8 Å². The van der Waals surface area contributed by atoms with E-state index in [4.69, 9.17) is 18.9 Å². The van der Waals surface area contributed by atoms with Crippen LogP contribution in [0.3, 0.4) is 0 Å². The van der Waals surface area contributed by atoms with Gasteiger partial charge in [-0.05, 0) is 12.3 Å². The molecule has 1 spiro atoms. The maximum absolute atomic E-state index is 5.90. The molecule has 0 aliphatic carbocycles. The number of fused-ring (bicyclic) bond motifs is 2. The summed E-state index contributed by atoms with van der Waals surface area (Å²) in [5.74, 6) is 0.643. The van der Waals surface area contributed by atoms with Gasteiger partial charge in [0.25, 0.3) is 0 Å². The van der Waals surface area contributed by atoms with E-state index in [1.807, 2.05) is 0 Å². The Balaban J connectivity index is 1.67. The van der Waals surface area contributed by atoms with Crippen molar-refractivity contribution < 1.29 is 18.9 Å². The first-order valence-corrected chi connectivity index (χ1v) is 6.76. The van der Waals surface area contributed by atoms with Gasteiger partial charge < -0.3 is 18.9 Å². The van der Waals surface area contributed by atoms with Crippen molar-refractivity contribution in [1.29, 1.82) is 0 Å². The second-order valence-corrected chi connectivity index (χ2v) is 5.55. The number of rotatable bonds is 3. The van der Waals surface area contributed by atoms with E-state index in [0.717, 1.165) is 12.5 Å². The van der Waals surface area contributed by atoms with Crippen molar-refractivity contribution in [3.05, 3.63) is 0 Å². The van der Waals surface area contributed by atoms with Crippen LogP contribution in [-0.4, -0.2) is 44.4 Å². The van der Waals surface area contributed by atoms with Crippen LogP contribution in [0.1, 0.15) is 26.7 Å². The van der Waals surface area contributed by atoms with Crippen LogP contribution >= 0.6 is 0 Å². The average Bonchev–Trinajstić information content (AvgIpc) is 3.01. The molecule has 4 heteroatoms. The van der Waals surface area contributed by atoms with Gasteiger partial charge in [0.1, 0.15) is 12.7 Å². The van der Waals surface area contributed by atoms with Gasteiger partial charge in [0, 0.05) is 5.92 Å². The van der Waals surface area contributed by atoms with Crippen LogP contribution in [0.2, 0.25) is 0 Å². The average molecular weight is 242 g/mol. The summed E-state index contributed by atoms with van der Waals surface area (Å²) in [5, 5.41) is 0. The Kier molecular flexibility index (Phi) is 3.15. The molecule has 3 saturated heterocycles. The van der Waals surface area contributed by atoms with E-state index in [-0.39, 0.29) is 12.2 Å². The Labute approximate surface area is 103 Å². The molecular formula is C13H22O4. The summed E-state index contributed by atoms with van der Waals surface area (Å²) in [6.45, 7) is 7.16. The minimum atomic E-state index is -0.588. The van der Waals surface area contributed by atoms with E-state index in [1.54, 1.807) is 0 Å². The van der Waals surface area contributed by atoms with E-state index in [2.05, 4.69) is 13.8 Å². The standard InChI is InChI=1S/C13H22O4/c1-3-9(2)6-10-7-14-12-11(10)15-8-13(12)16-4-5-17-13/h9-12H,3-8H2,1-2H3. The summed E-state index contributed by atoms with van der Waals surface area (Å²) >= 11 is 0. The van der Waals surface area contributed by atoms with Gasteiger partial charge in [-0.3, -0.25) is 0 Å². The lowest BCUT2D eigenvalue weighted by Crippen LogP contribution is -2.44. The molecule has 0 aromatic carbocycles. The summed E-state index contributed by atoms with van der Waals surface area (Å²) in [5.41, 5.74) is 0. The first kappa shape index (κ1) is 11.9. The molecule has 3 fully saturated rings. The van der Waals surface area contributed by atoms with Crippen LogP contribution in [0, 0.1) is 11.8 Å². The maximum Gasteiger partial charge on any atom is 0.221 e. The van der Waals surface area contributed by atoms with Gasteiger partial charge >= 0.3 is 0 Å². The molecule has 0 saturated carbocycles. The highest BCUT2D eigenvalue weighted by Crippen LogP contribution is 2.43. The first-order valence-electron chi connectivity index (χ1n) is 6.76. The van der Waals surface area contributed by atoms with Crippen LogP contribution in [0.5, 0.6) is 0 Å². The van der Waals surface area contributed by atoms with Gasteiger partial charge in [0.15, 0.2) is 0 Å². The minimum Gasteiger partial charge on any atom is -0.369 e. The Morgan fingerprint density at radius 1 is 1.24 bits per heavy atom. The zero-order valence-corrected chi connectivity index (χ0v) is 10.7. The maximum atomic E-state index is 5.90. The summed E-state index contributed by atoms with van der Waals surface area (Å²) in [6.07, 6.45) is 2.54. The number of ether oxygens (including phenoxy) is 4. The van der Waals surface area contributed by atoms with Crippen LogP contribution < -0.4 is 0 Å².